The summed E-state index contributed by atoms with van der Waals surface area (Å²) in [6.07, 6.45) is 2.94. The second-order valence-corrected chi connectivity index (χ2v) is 5.33. The number of benzene rings is 1. The lowest BCUT2D eigenvalue weighted by Crippen LogP contribution is -2.25. The minimum atomic E-state index is -0.447. The fourth-order valence-electron chi connectivity index (χ4n) is 2.56. The average molecular weight is 269 g/mol. The van der Waals surface area contributed by atoms with Crippen molar-refractivity contribution in [3.05, 3.63) is 34.9 Å². The highest BCUT2D eigenvalue weighted by molar-refractivity contribution is 5.29. The molecule has 1 aromatic rings. The van der Waals surface area contributed by atoms with Crippen LogP contribution in [0.5, 0.6) is 0 Å². The zero-order valence-corrected chi connectivity index (χ0v) is 12.4. The Balaban J connectivity index is 3.01. The Morgan fingerprint density at radius 1 is 1.21 bits per heavy atom. The summed E-state index contributed by atoms with van der Waals surface area (Å²) >= 11 is 0. The van der Waals surface area contributed by atoms with Gasteiger partial charge in [-0.25, -0.2) is 8.78 Å². The number of aryl methyl sites for hydroxylation is 1. The van der Waals surface area contributed by atoms with Crippen molar-refractivity contribution in [1.82, 2.24) is 5.32 Å². The van der Waals surface area contributed by atoms with Crippen LogP contribution in [0.2, 0.25) is 0 Å². The monoisotopic (exact) mass is 269 g/mol. The van der Waals surface area contributed by atoms with E-state index in [1.165, 1.54) is 12.1 Å². The lowest BCUT2D eigenvalue weighted by atomic mass is 9.91. The van der Waals surface area contributed by atoms with Crippen LogP contribution in [-0.4, -0.2) is 6.54 Å². The van der Waals surface area contributed by atoms with Crippen molar-refractivity contribution >= 4 is 0 Å². The molecule has 19 heavy (non-hydrogen) atoms. The summed E-state index contributed by atoms with van der Waals surface area (Å²) in [5.74, 6) is -0.402. The Hall–Kier alpha value is -0.960. The molecule has 0 aromatic heterocycles. The SMILES string of the molecule is CCCC(C)CC(NCC)c1c(F)ccc(C)c1F. The van der Waals surface area contributed by atoms with Crippen molar-refractivity contribution in [2.45, 2.75) is 53.0 Å². The molecule has 0 saturated heterocycles. The topological polar surface area (TPSA) is 12.0 Å². The second-order valence-electron chi connectivity index (χ2n) is 5.33. The predicted octanol–water partition coefficient (Wildman–Crippen LogP) is 4.75. The molecule has 1 N–H and O–H groups in total. The van der Waals surface area contributed by atoms with E-state index in [0.717, 1.165) is 19.3 Å². The van der Waals surface area contributed by atoms with E-state index in [-0.39, 0.29) is 11.6 Å². The van der Waals surface area contributed by atoms with Gasteiger partial charge in [-0.1, -0.05) is 39.7 Å². The number of hydrogen-bond donors (Lipinski definition) is 1. The van der Waals surface area contributed by atoms with Crippen LogP contribution in [-0.2, 0) is 0 Å². The molecule has 0 heterocycles. The molecule has 1 nitrogen and oxygen atoms in total. The van der Waals surface area contributed by atoms with Crippen molar-refractivity contribution in [1.29, 1.82) is 0 Å². The van der Waals surface area contributed by atoms with E-state index >= 15 is 0 Å². The lowest BCUT2D eigenvalue weighted by molar-refractivity contribution is 0.374. The fraction of sp³-hybridized carbons (Fsp3) is 0.625. The third-order valence-corrected chi connectivity index (χ3v) is 3.54. The van der Waals surface area contributed by atoms with Crippen molar-refractivity contribution in [2.24, 2.45) is 5.92 Å². The number of hydrogen-bond acceptors (Lipinski definition) is 1. The Bertz CT molecular complexity index is 404. The van der Waals surface area contributed by atoms with Gasteiger partial charge >= 0.3 is 0 Å². The summed E-state index contributed by atoms with van der Waals surface area (Å²) in [6, 6.07) is 2.61. The molecule has 0 amide bonds. The summed E-state index contributed by atoms with van der Waals surface area (Å²) in [5.41, 5.74) is 0.701. The molecule has 0 saturated carbocycles. The third kappa shape index (κ3) is 4.27. The van der Waals surface area contributed by atoms with Gasteiger partial charge in [-0.3, -0.25) is 0 Å². The van der Waals surface area contributed by atoms with E-state index in [1.807, 2.05) is 6.92 Å². The fourth-order valence-corrected chi connectivity index (χ4v) is 2.56. The number of rotatable bonds is 7. The van der Waals surface area contributed by atoms with Gasteiger partial charge in [0.1, 0.15) is 11.6 Å². The van der Waals surface area contributed by atoms with Gasteiger partial charge in [-0.2, -0.15) is 0 Å². The molecule has 2 unspecified atom stereocenters. The molecule has 1 rings (SSSR count). The molecule has 0 bridgehead atoms. The van der Waals surface area contributed by atoms with Crippen LogP contribution < -0.4 is 5.32 Å². The standard InChI is InChI=1S/C16H25F2N/c1-5-7-11(3)10-14(19-6-2)15-13(17)9-8-12(4)16(15)18/h8-9,11,14,19H,5-7,10H2,1-4H3. The van der Waals surface area contributed by atoms with Gasteiger partial charge in [0.2, 0.25) is 0 Å². The normalized spacial score (nSPS) is 14.4. The third-order valence-electron chi connectivity index (χ3n) is 3.54. The first-order valence-corrected chi connectivity index (χ1v) is 7.19. The molecular weight excluding hydrogens is 244 g/mol. The van der Waals surface area contributed by atoms with Crippen LogP contribution in [0, 0.1) is 24.5 Å². The maximum atomic E-state index is 14.2. The first kappa shape index (κ1) is 16.1. The van der Waals surface area contributed by atoms with E-state index in [1.54, 1.807) is 6.92 Å². The molecule has 2 atom stereocenters. The van der Waals surface area contributed by atoms with Gasteiger partial charge in [0.05, 0.1) is 0 Å². The highest BCUT2D eigenvalue weighted by Crippen LogP contribution is 2.29. The van der Waals surface area contributed by atoms with Gasteiger partial charge < -0.3 is 5.32 Å². The number of nitrogens with one attached hydrogen (secondary N) is 1. The van der Waals surface area contributed by atoms with Crippen LogP contribution >= 0.6 is 0 Å². The van der Waals surface area contributed by atoms with Crippen LogP contribution in [0.4, 0.5) is 8.78 Å². The number of halogens is 2. The maximum Gasteiger partial charge on any atom is 0.133 e. The summed E-state index contributed by atoms with van der Waals surface area (Å²) in [6.45, 7) is 8.61. The summed E-state index contributed by atoms with van der Waals surface area (Å²) < 4.78 is 28.2. The van der Waals surface area contributed by atoms with Gasteiger partial charge in [0, 0.05) is 11.6 Å². The summed E-state index contributed by atoms with van der Waals surface area (Å²) in [4.78, 5) is 0. The average Bonchev–Trinajstić information content (AvgIpc) is 2.35. The van der Waals surface area contributed by atoms with E-state index in [0.29, 0.717) is 18.0 Å². The van der Waals surface area contributed by atoms with Gasteiger partial charge in [-0.15, -0.1) is 0 Å². The van der Waals surface area contributed by atoms with Crippen molar-refractivity contribution in [2.75, 3.05) is 6.54 Å². The molecule has 0 aliphatic heterocycles. The van der Waals surface area contributed by atoms with Crippen LogP contribution in [0.1, 0.15) is 57.2 Å². The molecule has 0 aliphatic carbocycles. The molecule has 3 heteroatoms. The maximum absolute atomic E-state index is 14.2. The van der Waals surface area contributed by atoms with Crippen molar-refractivity contribution in [3.63, 3.8) is 0 Å². The molecule has 108 valence electrons. The molecule has 0 fully saturated rings. The van der Waals surface area contributed by atoms with E-state index < -0.39 is 11.6 Å². The molecule has 1 aromatic carbocycles. The van der Waals surface area contributed by atoms with Gasteiger partial charge in [0.15, 0.2) is 0 Å². The predicted molar refractivity (Wildman–Crippen MR) is 76.2 cm³/mol. The summed E-state index contributed by atoms with van der Waals surface area (Å²) in [5, 5.41) is 3.22. The first-order chi connectivity index (χ1) is 9.01. The summed E-state index contributed by atoms with van der Waals surface area (Å²) in [7, 11) is 0. The highest BCUT2D eigenvalue weighted by Gasteiger charge is 2.22. The van der Waals surface area contributed by atoms with Crippen LogP contribution in [0.25, 0.3) is 0 Å². The van der Waals surface area contributed by atoms with Gasteiger partial charge in [0.25, 0.3) is 0 Å². The highest BCUT2D eigenvalue weighted by atomic mass is 19.1. The van der Waals surface area contributed by atoms with Crippen molar-refractivity contribution in [3.8, 4) is 0 Å². The van der Waals surface area contributed by atoms with E-state index in [4.69, 9.17) is 0 Å². The first-order valence-electron chi connectivity index (χ1n) is 7.19. The van der Waals surface area contributed by atoms with E-state index in [9.17, 15) is 8.78 Å². The molecule has 0 spiro atoms. The zero-order chi connectivity index (χ0) is 14.4. The molecule has 0 aliphatic rings. The van der Waals surface area contributed by atoms with Gasteiger partial charge in [-0.05, 0) is 37.4 Å². The largest absolute Gasteiger partial charge is 0.310 e. The zero-order valence-electron chi connectivity index (χ0n) is 12.4. The minimum Gasteiger partial charge on any atom is -0.310 e. The van der Waals surface area contributed by atoms with Crippen LogP contribution in [0.3, 0.4) is 0 Å². The second kappa shape index (κ2) is 7.59. The lowest BCUT2D eigenvalue weighted by Gasteiger charge is -2.23. The Kier molecular flexibility index (Phi) is 6.43. The molecule has 0 radical (unpaired) electrons. The van der Waals surface area contributed by atoms with Crippen LogP contribution in [0.15, 0.2) is 12.1 Å². The Morgan fingerprint density at radius 3 is 2.47 bits per heavy atom. The Labute approximate surface area is 115 Å². The Morgan fingerprint density at radius 2 is 1.89 bits per heavy atom. The quantitative estimate of drug-likeness (QED) is 0.753. The smallest absolute Gasteiger partial charge is 0.133 e. The minimum absolute atomic E-state index is 0.199. The van der Waals surface area contributed by atoms with Crippen molar-refractivity contribution < 1.29 is 8.78 Å². The van der Waals surface area contributed by atoms with E-state index in [2.05, 4.69) is 19.2 Å². The molecular formula is C16H25F2N.